The molecule has 5 aromatic rings. The number of esters is 1. The third-order valence-corrected chi connectivity index (χ3v) is 9.53. The van der Waals surface area contributed by atoms with Crippen molar-refractivity contribution in [3.63, 3.8) is 0 Å². The van der Waals surface area contributed by atoms with Gasteiger partial charge in [0, 0.05) is 30.5 Å². The molecule has 3 aromatic heterocycles. The van der Waals surface area contributed by atoms with Crippen LogP contribution in [0.15, 0.2) is 79.0 Å². The number of imidazole rings is 1. The Balaban J connectivity index is 1.15. The zero-order chi connectivity index (χ0) is 30.9. The first-order chi connectivity index (χ1) is 22.0. The zero-order valence-corrected chi connectivity index (χ0v) is 25.4. The van der Waals surface area contributed by atoms with Crippen molar-refractivity contribution >= 4 is 23.0 Å². The van der Waals surface area contributed by atoms with Gasteiger partial charge in [-0.05, 0) is 105 Å². The Morgan fingerprint density at radius 1 is 0.933 bits per heavy atom. The Hall–Kier alpha value is -4.63. The van der Waals surface area contributed by atoms with E-state index in [2.05, 4.69) is 34.1 Å². The highest BCUT2D eigenvalue weighted by molar-refractivity contribution is 5.84. The predicted molar refractivity (Wildman–Crippen MR) is 173 cm³/mol. The maximum Gasteiger partial charge on any atom is 0.308 e. The van der Waals surface area contributed by atoms with Crippen LogP contribution in [0, 0.1) is 17.7 Å². The Morgan fingerprint density at radius 2 is 1.71 bits per heavy atom. The molecule has 1 unspecified atom stereocenters. The molecule has 1 saturated carbocycles. The summed E-state index contributed by atoms with van der Waals surface area (Å²) in [5.74, 6) is 1.81. The van der Waals surface area contributed by atoms with E-state index in [4.69, 9.17) is 20.4 Å². The van der Waals surface area contributed by atoms with Gasteiger partial charge in [0.15, 0.2) is 11.5 Å². The number of benzene rings is 2. The number of aromatic nitrogens is 4. The quantitative estimate of drug-likeness (QED) is 0.208. The van der Waals surface area contributed by atoms with Crippen LogP contribution >= 0.6 is 0 Å². The number of ether oxygens (including phenoxy) is 1. The lowest BCUT2D eigenvalue weighted by molar-refractivity contribution is -0.146. The van der Waals surface area contributed by atoms with E-state index < -0.39 is 0 Å². The number of methoxy groups -OCH3 is 1. The molecule has 1 aliphatic heterocycles. The van der Waals surface area contributed by atoms with Crippen LogP contribution in [-0.4, -0.2) is 57.1 Å². The van der Waals surface area contributed by atoms with Crippen LogP contribution in [0.25, 0.3) is 39.5 Å². The van der Waals surface area contributed by atoms with Crippen LogP contribution in [-0.2, 0) is 9.53 Å². The number of carbonyl (C=O) groups is 1. The van der Waals surface area contributed by atoms with Gasteiger partial charge in [0.05, 0.1) is 24.3 Å². The van der Waals surface area contributed by atoms with E-state index in [1.165, 1.54) is 18.7 Å². The van der Waals surface area contributed by atoms with Crippen LogP contribution < -0.4 is 5.73 Å². The number of pyridine rings is 2. The van der Waals surface area contributed by atoms with Gasteiger partial charge in [0.25, 0.3) is 0 Å². The largest absolute Gasteiger partial charge is 0.469 e. The van der Waals surface area contributed by atoms with E-state index in [1.54, 1.807) is 24.4 Å². The van der Waals surface area contributed by atoms with Gasteiger partial charge in [-0.2, -0.15) is 0 Å². The molecular weight excluding hydrogens is 567 g/mol. The summed E-state index contributed by atoms with van der Waals surface area (Å²) in [6.45, 7) is 3.22. The van der Waals surface area contributed by atoms with Gasteiger partial charge in [-0.25, -0.2) is 19.3 Å². The van der Waals surface area contributed by atoms with Gasteiger partial charge in [0.2, 0.25) is 0 Å². The summed E-state index contributed by atoms with van der Waals surface area (Å²) < 4.78 is 21.7. The maximum atomic E-state index is 14.7. The molecule has 1 aliphatic carbocycles. The first-order valence-corrected chi connectivity index (χ1v) is 15.7. The molecule has 8 nitrogen and oxygen atoms in total. The summed E-state index contributed by atoms with van der Waals surface area (Å²) >= 11 is 0. The molecule has 0 bridgehead atoms. The van der Waals surface area contributed by atoms with Crippen molar-refractivity contribution < 1.29 is 13.9 Å². The van der Waals surface area contributed by atoms with Crippen molar-refractivity contribution in [1.82, 2.24) is 24.4 Å². The highest BCUT2D eigenvalue weighted by Crippen LogP contribution is 2.35. The Labute approximate surface area is 262 Å². The van der Waals surface area contributed by atoms with E-state index in [0.717, 1.165) is 57.4 Å². The van der Waals surface area contributed by atoms with E-state index >= 15 is 0 Å². The highest BCUT2D eigenvalue weighted by Gasteiger charge is 2.31. The second kappa shape index (κ2) is 12.4. The summed E-state index contributed by atoms with van der Waals surface area (Å²) in [7, 11) is 1.49. The number of hydrogen-bond donors (Lipinski definition) is 1. The minimum atomic E-state index is -0.323. The molecule has 1 saturated heterocycles. The number of nitrogens with zero attached hydrogens (tertiary/aromatic N) is 5. The fourth-order valence-electron chi connectivity index (χ4n) is 7.09. The Bertz CT molecular complexity index is 1830. The molecule has 230 valence electrons. The molecule has 0 amide bonds. The summed E-state index contributed by atoms with van der Waals surface area (Å²) in [5, 5.41) is 0. The van der Waals surface area contributed by atoms with E-state index in [1.807, 2.05) is 28.8 Å². The Kier molecular flexibility index (Phi) is 8.02. The van der Waals surface area contributed by atoms with E-state index in [9.17, 15) is 9.18 Å². The fourth-order valence-corrected chi connectivity index (χ4v) is 7.09. The molecule has 2 aliphatic rings. The standard InChI is InChI=1S/C36H37FN6O2/c1-45-36(44)25-10-8-23(9-11-25)21-42-20-18-26(22-42)24-12-14-27(15-13-24)43-34(29-6-4-19-39-33(29)38)41-32-17-16-31(40-35(32)43)28-5-2-3-7-30(28)37/h2-7,12-17,19,23,25-26H,8-11,18,20-22H2,1H3,(H2,38,39)/t23-,25+,26?. The van der Waals surface area contributed by atoms with Gasteiger partial charge in [-0.3, -0.25) is 9.36 Å². The first kappa shape index (κ1) is 29.1. The molecule has 7 rings (SSSR count). The topological polar surface area (TPSA) is 99.2 Å². The molecule has 0 spiro atoms. The van der Waals surface area contributed by atoms with Crippen LogP contribution in [0.2, 0.25) is 0 Å². The van der Waals surface area contributed by atoms with Gasteiger partial charge in [0.1, 0.15) is 17.2 Å². The minimum Gasteiger partial charge on any atom is -0.469 e. The first-order valence-electron chi connectivity index (χ1n) is 15.7. The molecular formula is C36H37FN6O2. The van der Waals surface area contributed by atoms with Crippen LogP contribution in [0.5, 0.6) is 0 Å². The van der Waals surface area contributed by atoms with Gasteiger partial charge < -0.3 is 15.4 Å². The maximum absolute atomic E-state index is 14.7. The van der Waals surface area contributed by atoms with Crippen molar-refractivity contribution in [2.75, 3.05) is 32.5 Å². The summed E-state index contributed by atoms with van der Waals surface area (Å²) in [4.78, 5) is 28.6. The number of fused-ring (bicyclic) bond motifs is 1. The molecule has 2 aromatic carbocycles. The minimum absolute atomic E-state index is 0.0563. The summed E-state index contributed by atoms with van der Waals surface area (Å²) in [5.41, 5.74) is 11.5. The number of likely N-dealkylation sites (tertiary alicyclic amines) is 1. The number of hydrogen-bond acceptors (Lipinski definition) is 7. The predicted octanol–water partition coefficient (Wildman–Crippen LogP) is 6.64. The van der Waals surface area contributed by atoms with Crippen molar-refractivity contribution in [2.24, 2.45) is 11.8 Å². The van der Waals surface area contributed by atoms with Crippen molar-refractivity contribution in [2.45, 2.75) is 38.0 Å². The smallest absolute Gasteiger partial charge is 0.308 e. The molecule has 9 heteroatoms. The average Bonchev–Trinajstić information content (AvgIpc) is 3.70. The third-order valence-electron chi connectivity index (χ3n) is 9.53. The average molecular weight is 605 g/mol. The lowest BCUT2D eigenvalue weighted by Crippen LogP contribution is -2.31. The monoisotopic (exact) mass is 604 g/mol. The van der Waals surface area contributed by atoms with Crippen LogP contribution in [0.3, 0.4) is 0 Å². The number of halogens is 1. The number of anilines is 1. The van der Waals surface area contributed by atoms with Crippen molar-refractivity contribution in [1.29, 1.82) is 0 Å². The molecule has 4 heterocycles. The van der Waals surface area contributed by atoms with Crippen LogP contribution in [0.4, 0.5) is 10.2 Å². The van der Waals surface area contributed by atoms with Gasteiger partial charge in [-0.15, -0.1) is 0 Å². The van der Waals surface area contributed by atoms with E-state index in [-0.39, 0.29) is 17.7 Å². The number of rotatable bonds is 7. The lowest BCUT2D eigenvalue weighted by Gasteiger charge is -2.30. The Morgan fingerprint density at radius 3 is 2.47 bits per heavy atom. The lowest BCUT2D eigenvalue weighted by atomic mass is 9.82. The molecule has 45 heavy (non-hydrogen) atoms. The fraction of sp³-hybridized carbons (Fsp3) is 0.333. The number of carbonyl (C=O) groups excluding carboxylic acids is 1. The third kappa shape index (κ3) is 5.80. The normalized spacial score (nSPS) is 20.4. The molecule has 2 fully saturated rings. The SMILES string of the molecule is COC(=O)[C@H]1CC[C@@H](CN2CCC(c3ccc(-n4c(-c5cccnc5N)nc5ccc(-c6ccccc6F)nc54)cc3)C2)CC1. The van der Waals surface area contributed by atoms with Crippen molar-refractivity contribution in [3.05, 3.63) is 90.4 Å². The van der Waals surface area contributed by atoms with Crippen molar-refractivity contribution in [3.8, 4) is 28.3 Å². The van der Waals surface area contributed by atoms with Gasteiger partial charge >= 0.3 is 5.97 Å². The second-order valence-electron chi connectivity index (χ2n) is 12.3. The summed E-state index contributed by atoms with van der Waals surface area (Å²) in [6, 6.07) is 22.7. The number of nitrogen functional groups attached to an aromatic ring is 1. The second-order valence-corrected chi connectivity index (χ2v) is 12.3. The van der Waals surface area contributed by atoms with Crippen LogP contribution in [0.1, 0.15) is 43.6 Å². The summed E-state index contributed by atoms with van der Waals surface area (Å²) in [6.07, 6.45) is 6.82. The molecule has 0 radical (unpaired) electrons. The van der Waals surface area contributed by atoms with Gasteiger partial charge in [-0.1, -0.05) is 24.3 Å². The molecule has 1 atom stereocenters. The van der Waals surface area contributed by atoms with E-state index in [0.29, 0.717) is 51.5 Å². The zero-order valence-electron chi connectivity index (χ0n) is 25.4. The number of nitrogens with two attached hydrogens (primary N) is 1. The molecule has 2 N–H and O–H groups in total. The highest BCUT2D eigenvalue weighted by atomic mass is 19.1.